The normalized spacial score (nSPS) is 16.0. The predicted molar refractivity (Wildman–Crippen MR) is 225 cm³/mol. The SMILES string of the molecule is O=C1NC(O)c2ccc3c4ccc5c6ccc7c8ccc9c%10c(ccc(c%11ccc(c%12ccc(c%13ccc1c2c%133)c4c%125)c6c%117)c%108)C(=O)N(c1ccccc1)C9=O. The van der Waals surface area contributed by atoms with Crippen molar-refractivity contribution in [3.63, 3.8) is 0 Å². The van der Waals surface area contributed by atoms with Gasteiger partial charge in [0.25, 0.3) is 17.7 Å². The molecule has 0 saturated carbocycles. The Morgan fingerprint density at radius 1 is 0.375 bits per heavy atom. The molecule has 258 valence electrons. The molecule has 1 atom stereocenters. The first kappa shape index (κ1) is 29.0. The van der Waals surface area contributed by atoms with Gasteiger partial charge >= 0.3 is 0 Å². The number of rotatable bonds is 1. The van der Waals surface area contributed by atoms with Crippen LogP contribution in [0.15, 0.2) is 127 Å². The molecule has 2 aliphatic rings. The van der Waals surface area contributed by atoms with Crippen LogP contribution in [0.5, 0.6) is 0 Å². The molecule has 0 aromatic heterocycles. The third-order valence-electron chi connectivity index (χ3n) is 13.1. The van der Waals surface area contributed by atoms with Gasteiger partial charge in [0.05, 0.1) is 5.69 Å². The Morgan fingerprint density at radius 3 is 1.14 bits per heavy atom. The van der Waals surface area contributed by atoms with Crippen molar-refractivity contribution in [3.05, 3.63) is 150 Å². The van der Waals surface area contributed by atoms with Crippen molar-refractivity contribution >= 4 is 131 Å². The second-order valence-corrected chi connectivity index (χ2v) is 15.5. The molecular formula is C50H24N2O4. The van der Waals surface area contributed by atoms with Gasteiger partial charge in [-0.3, -0.25) is 14.4 Å². The first-order valence-corrected chi connectivity index (χ1v) is 18.8. The number of aliphatic hydroxyl groups excluding tert-OH is 1. The lowest BCUT2D eigenvalue weighted by atomic mass is 9.80. The van der Waals surface area contributed by atoms with Crippen LogP contribution in [0.4, 0.5) is 5.69 Å². The third-order valence-corrected chi connectivity index (χ3v) is 13.1. The van der Waals surface area contributed by atoms with Gasteiger partial charge in [0.1, 0.15) is 0 Å². The lowest BCUT2D eigenvalue weighted by Gasteiger charge is -2.28. The molecule has 2 aliphatic heterocycles. The van der Waals surface area contributed by atoms with Crippen LogP contribution < -0.4 is 10.2 Å². The highest BCUT2D eigenvalue weighted by atomic mass is 16.3. The molecule has 3 amide bonds. The van der Waals surface area contributed by atoms with Gasteiger partial charge in [-0.15, -0.1) is 0 Å². The van der Waals surface area contributed by atoms with Crippen molar-refractivity contribution in [2.75, 3.05) is 4.90 Å². The van der Waals surface area contributed by atoms with E-state index in [1.807, 2.05) is 42.5 Å². The fourth-order valence-corrected chi connectivity index (χ4v) is 10.9. The summed E-state index contributed by atoms with van der Waals surface area (Å²) >= 11 is 0. The number of nitrogens with one attached hydrogen (secondary N) is 1. The van der Waals surface area contributed by atoms with Crippen molar-refractivity contribution in [3.8, 4) is 0 Å². The van der Waals surface area contributed by atoms with Gasteiger partial charge in [0, 0.05) is 33.0 Å². The molecule has 12 aromatic rings. The molecular weight excluding hydrogens is 693 g/mol. The Hall–Kier alpha value is -7.41. The zero-order valence-electron chi connectivity index (χ0n) is 29.3. The molecule has 6 nitrogen and oxygen atoms in total. The summed E-state index contributed by atoms with van der Waals surface area (Å²) in [6.45, 7) is 0. The molecule has 12 aromatic carbocycles. The Bertz CT molecular complexity index is 3700. The molecule has 6 heteroatoms. The van der Waals surface area contributed by atoms with Gasteiger partial charge < -0.3 is 10.4 Å². The van der Waals surface area contributed by atoms with E-state index in [9.17, 15) is 19.5 Å². The van der Waals surface area contributed by atoms with Crippen LogP contribution in [0.3, 0.4) is 0 Å². The minimum Gasteiger partial charge on any atom is -0.369 e. The number of fused-ring (bicyclic) bond motifs is 6. The number of imide groups is 1. The smallest absolute Gasteiger partial charge is 0.265 e. The van der Waals surface area contributed by atoms with Gasteiger partial charge in [0.2, 0.25) is 0 Å². The van der Waals surface area contributed by atoms with Crippen molar-refractivity contribution in [2.24, 2.45) is 0 Å². The molecule has 0 radical (unpaired) electrons. The second kappa shape index (κ2) is 9.44. The monoisotopic (exact) mass is 716 g/mol. The van der Waals surface area contributed by atoms with Crippen LogP contribution in [0, 0.1) is 0 Å². The largest absolute Gasteiger partial charge is 0.369 e. The minimum atomic E-state index is -1.05. The van der Waals surface area contributed by atoms with E-state index in [4.69, 9.17) is 0 Å². The van der Waals surface area contributed by atoms with Crippen molar-refractivity contribution in [2.45, 2.75) is 6.23 Å². The van der Waals surface area contributed by atoms with E-state index in [0.29, 0.717) is 22.4 Å². The van der Waals surface area contributed by atoms with Crippen LogP contribution in [-0.4, -0.2) is 22.8 Å². The van der Waals surface area contributed by atoms with E-state index in [-0.39, 0.29) is 17.7 Å². The average molecular weight is 717 g/mol. The average Bonchev–Trinajstić information content (AvgIpc) is 3.23. The Labute approximate surface area is 315 Å². The van der Waals surface area contributed by atoms with E-state index < -0.39 is 6.23 Å². The van der Waals surface area contributed by atoms with Crippen LogP contribution in [0.25, 0.3) is 108 Å². The van der Waals surface area contributed by atoms with Gasteiger partial charge in [-0.05, 0) is 127 Å². The molecule has 56 heavy (non-hydrogen) atoms. The molecule has 1 unspecified atom stereocenters. The summed E-state index contributed by atoms with van der Waals surface area (Å²) in [7, 11) is 0. The van der Waals surface area contributed by atoms with E-state index in [2.05, 4.69) is 78.1 Å². The summed E-state index contributed by atoms with van der Waals surface area (Å²) in [6.07, 6.45) is -1.05. The zero-order valence-corrected chi connectivity index (χ0v) is 29.3. The summed E-state index contributed by atoms with van der Waals surface area (Å²) in [5.74, 6) is -0.881. The number of benzene rings is 12. The molecule has 0 saturated heterocycles. The number of aliphatic hydroxyl groups is 1. The van der Waals surface area contributed by atoms with E-state index in [1.54, 1.807) is 12.1 Å². The highest BCUT2D eigenvalue weighted by Crippen LogP contribution is 2.52. The van der Waals surface area contributed by atoms with Gasteiger partial charge in [0.15, 0.2) is 6.23 Å². The summed E-state index contributed by atoms with van der Waals surface area (Å²) in [5.41, 5.74) is 2.94. The standard InChI is InChI=1S/C50H24N2O4/c53-47-35-18-14-31-27-10-6-23-25-8-12-29-33-16-20-37-46-38(50(56)52(49(37)55)22-4-2-1-3-5-22)21-17-34(44(33)46)30-13-9-26(40(25)42(29)30)24-7-11-28(41(27)39(23)24)32-15-19-36(48(54)51-47)45(35)43(31)32/h1-21,47,53H,(H,51,54). The molecule has 2 heterocycles. The van der Waals surface area contributed by atoms with Crippen LogP contribution in [0.2, 0.25) is 0 Å². The molecule has 2 N–H and O–H groups in total. The maximum Gasteiger partial charge on any atom is 0.265 e. The third kappa shape index (κ3) is 3.11. The summed E-state index contributed by atoms with van der Waals surface area (Å²) in [6, 6.07) is 42.9. The highest BCUT2D eigenvalue weighted by Gasteiger charge is 2.36. The second-order valence-electron chi connectivity index (χ2n) is 15.5. The predicted octanol–water partition coefficient (Wildman–Crippen LogP) is 11.1. The molecule has 0 fully saturated rings. The van der Waals surface area contributed by atoms with Crippen LogP contribution >= 0.6 is 0 Å². The lowest BCUT2D eigenvalue weighted by molar-refractivity contribution is 0.0772. The quantitative estimate of drug-likeness (QED) is 0.101. The van der Waals surface area contributed by atoms with E-state index >= 15 is 0 Å². The van der Waals surface area contributed by atoms with Crippen molar-refractivity contribution in [1.29, 1.82) is 0 Å². The van der Waals surface area contributed by atoms with Crippen LogP contribution in [-0.2, 0) is 0 Å². The molecule has 0 spiro atoms. The van der Waals surface area contributed by atoms with E-state index in [1.165, 1.54) is 48.0 Å². The lowest BCUT2D eigenvalue weighted by Crippen LogP contribution is -2.40. The first-order chi connectivity index (χ1) is 27.5. The van der Waals surface area contributed by atoms with Gasteiger partial charge in [-0.2, -0.15) is 0 Å². The maximum absolute atomic E-state index is 14.1. The number of amides is 3. The number of carbonyl (C=O) groups is 3. The summed E-state index contributed by atoms with van der Waals surface area (Å²) in [4.78, 5) is 42.4. The van der Waals surface area contributed by atoms with E-state index in [0.717, 1.165) is 70.2 Å². The molecule has 0 bridgehead atoms. The minimum absolute atomic E-state index is 0.263. The van der Waals surface area contributed by atoms with Gasteiger partial charge in [-0.25, -0.2) is 4.90 Å². The number of hydrogen-bond acceptors (Lipinski definition) is 4. The molecule has 0 aliphatic carbocycles. The Balaban J connectivity index is 1.09. The van der Waals surface area contributed by atoms with Gasteiger partial charge in [-0.1, -0.05) is 97.1 Å². The number of nitrogens with zero attached hydrogens (tertiary/aromatic N) is 1. The number of hydrogen-bond donors (Lipinski definition) is 2. The van der Waals surface area contributed by atoms with Crippen LogP contribution in [0.1, 0.15) is 42.9 Å². The first-order valence-electron chi connectivity index (χ1n) is 18.8. The van der Waals surface area contributed by atoms with Crippen molar-refractivity contribution in [1.82, 2.24) is 5.32 Å². The van der Waals surface area contributed by atoms with Crippen molar-refractivity contribution < 1.29 is 19.5 Å². The number of anilines is 1. The maximum atomic E-state index is 14.1. The summed E-state index contributed by atoms with van der Waals surface area (Å²) in [5, 5.41) is 35.1. The Morgan fingerprint density at radius 2 is 0.714 bits per heavy atom. The Kier molecular flexibility index (Phi) is 4.89. The zero-order chi connectivity index (χ0) is 36.9. The summed E-state index contributed by atoms with van der Waals surface area (Å²) < 4.78 is 0. The fourth-order valence-electron chi connectivity index (χ4n) is 10.9. The topological polar surface area (TPSA) is 86.7 Å². The number of para-hydroxylation sites is 1. The molecule has 14 rings (SSSR count). The number of carbonyl (C=O) groups excluding carboxylic acids is 3. The highest BCUT2D eigenvalue weighted by molar-refractivity contribution is 6.48. The fraction of sp³-hybridized carbons (Fsp3) is 0.0200.